The highest BCUT2D eigenvalue weighted by molar-refractivity contribution is 7.16. The van der Waals surface area contributed by atoms with Crippen LogP contribution in [0.25, 0.3) is 10.4 Å². The number of nitrogens with zero attached hydrogens (tertiary/aromatic N) is 1. The van der Waals surface area contributed by atoms with E-state index in [1.165, 1.54) is 39.4 Å². The SMILES string of the molecule is Cc1cc2c(c(C)c1-c1ccc(C#N)s1)C(C)CCC(c1ccc(C(=O)NCCC(=O)O)s1)O2. The number of amides is 1. The third-order valence-electron chi connectivity index (χ3n) is 6.17. The maximum atomic E-state index is 12.4. The van der Waals surface area contributed by atoms with Gasteiger partial charge >= 0.3 is 5.97 Å². The highest BCUT2D eigenvalue weighted by Crippen LogP contribution is 2.46. The molecule has 0 bridgehead atoms. The number of hydrogen-bond acceptors (Lipinski definition) is 6. The second kappa shape index (κ2) is 10.00. The number of fused-ring (bicyclic) bond motifs is 1. The van der Waals surface area contributed by atoms with Crippen LogP contribution in [0, 0.1) is 25.2 Å². The van der Waals surface area contributed by atoms with Gasteiger partial charge in [-0.25, -0.2) is 0 Å². The van der Waals surface area contributed by atoms with Gasteiger partial charge < -0.3 is 15.2 Å². The van der Waals surface area contributed by atoms with Gasteiger partial charge in [0.15, 0.2) is 0 Å². The summed E-state index contributed by atoms with van der Waals surface area (Å²) in [5, 5.41) is 20.6. The molecule has 0 saturated heterocycles. The molecule has 1 amide bonds. The van der Waals surface area contributed by atoms with E-state index in [-0.39, 0.29) is 25.0 Å². The topological polar surface area (TPSA) is 99.4 Å². The number of carbonyl (C=O) groups is 2. The fraction of sp³-hybridized carbons (Fsp3) is 0.346. The van der Waals surface area contributed by atoms with Crippen molar-refractivity contribution in [3.05, 3.63) is 61.7 Å². The summed E-state index contributed by atoms with van der Waals surface area (Å²) in [6.45, 7) is 6.54. The normalized spacial score (nSPS) is 17.2. The third-order valence-corrected chi connectivity index (χ3v) is 8.35. The van der Waals surface area contributed by atoms with Crippen molar-refractivity contribution in [2.45, 2.75) is 52.1 Å². The van der Waals surface area contributed by atoms with Crippen LogP contribution in [0.5, 0.6) is 5.75 Å². The Bertz CT molecular complexity index is 1280. The van der Waals surface area contributed by atoms with Crippen molar-refractivity contribution in [3.63, 3.8) is 0 Å². The molecular formula is C26H26N2O4S2. The highest BCUT2D eigenvalue weighted by Gasteiger charge is 2.28. The Morgan fingerprint density at radius 1 is 1.21 bits per heavy atom. The minimum Gasteiger partial charge on any atom is -0.485 e. The zero-order valence-electron chi connectivity index (χ0n) is 19.3. The van der Waals surface area contributed by atoms with Crippen molar-refractivity contribution < 1.29 is 19.4 Å². The molecule has 2 aromatic heterocycles. The van der Waals surface area contributed by atoms with Crippen LogP contribution in [0.2, 0.25) is 0 Å². The fourth-order valence-corrected chi connectivity index (χ4v) is 6.52. The lowest BCUT2D eigenvalue weighted by molar-refractivity contribution is -0.136. The third kappa shape index (κ3) is 4.86. The average molecular weight is 495 g/mol. The first-order chi connectivity index (χ1) is 16.3. The lowest BCUT2D eigenvalue weighted by Gasteiger charge is -2.21. The van der Waals surface area contributed by atoms with Crippen LogP contribution in [0.15, 0.2) is 30.3 Å². The van der Waals surface area contributed by atoms with Gasteiger partial charge in [0.25, 0.3) is 5.91 Å². The number of rotatable bonds is 6. The van der Waals surface area contributed by atoms with Crippen LogP contribution in [0.1, 0.15) is 74.3 Å². The lowest BCUT2D eigenvalue weighted by atomic mass is 9.87. The Kier molecular flexibility index (Phi) is 7.05. The molecule has 0 fully saturated rings. The molecule has 3 heterocycles. The number of nitriles is 1. The Morgan fingerprint density at radius 2 is 2.00 bits per heavy atom. The first kappa shape index (κ1) is 24.0. The molecule has 1 aliphatic rings. The second-order valence-electron chi connectivity index (χ2n) is 8.57. The molecule has 0 spiro atoms. The van der Waals surface area contributed by atoms with E-state index in [1.807, 2.05) is 18.2 Å². The maximum Gasteiger partial charge on any atom is 0.305 e. The van der Waals surface area contributed by atoms with Crippen molar-refractivity contribution in [1.82, 2.24) is 5.32 Å². The molecule has 176 valence electrons. The standard InChI is InChI=1S/C26H26N2O4S2/c1-14-4-6-18(20-8-9-22(34-20)26(31)28-11-10-23(29)30)32-19-12-15(2)25(16(3)24(14)19)21-7-5-17(13-27)33-21/h5,7-9,12,14,18H,4,6,10-11H2,1-3H3,(H,28,31)(H,29,30). The molecule has 0 radical (unpaired) electrons. The molecule has 34 heavy (non-hydrogen) atoms. The van der Waals surface area contributed by atoms with Gasteiger partial charge in [0.2, 0.25) is 0 Å². The van der Waals surface area contributed by atoms with Crippen LogP contribution in [-0.4, -0.2) is 23.5 Å². The Balaban J connectivity index is 1.60. The van der Waals surface area contributed by atoms with Gasteiger partial charge in [-0.05, 0) is 79.6 Å². The molecule has 2 atom stereocenters. The van der Waals surface area contributed by atoms with Gasteiger partial charge in [-0.2, -0.15) is 5.26 Å². The number of thiophene rings is 2. The number of hydrogen-bond donors (Lipinski definition) is 2. The summed E-state index contributed by atoms with van der Waals surface area (Å²) in [4.78, 5) is 26.4. The summed E-state index contributed by atoms with van der Waals surface area (Å²) in [5.74, 6) is -0.00536. The van der Waals surface area contributed by atoms with Crippen molar-refractivity contribution in [2.75, 3.05) is 6.54 Å². The molecule has 0 saturated carbocycles. The molecule has 1 aliphatic heterocycles. The molecule has 0 aliphatic carbocycles. The minimum absolute atomic E-state index is 0.103. The highest BCUT2D eigenvalue weighted by atomic mass is 32.1. The monoisotopic (exact) mass is 494 g/mol. The molecule has 2 unspecified atom stereocenters. The molecular weight excluding hydrogens is 468 g/mol. The predicted octanol–water partition coefficient (Wildman–Crippen LogP) is 6.19. The summed E-state index contributed by atoms with van der Waals surface area (Å²) in [7, 11) is 0. The van der Waals surface area contributed by atoms with Crippen molar-refractivity contribution in [1.29, 1.82) is 5.26 Å². The van der Waals surface area contributed by atoms with Gasteiger partial charge in [-0.15, -0.1) is 22.7 Å². The van der Waals surface area contributed by atoms with Crippen molar-refractivity contribution >= 4 is 34.6 Å². The zero-order chi connectivity index (χ0) is 24.4. The molecule has 2 N–H and O–H groups in total. The molecule has 3 aromatic rings. The quantitative estimate of drug-likeness (QED) is 0.426. The molecule has 4 rings (SSSR count). The van der Waals surface area contributed by atoms with Crippen LogP contribution in [0.3, 0.4) is 0 Å². The second-order valence-corrected chi connectivity index (χ2v) is 10.8. The van der Waals surface area contributed by atoms with E-state index < -0.39 is 5.97 Å². The average Bonchev–Trinajstić information content (AvgIpc) is 3.43. The molecule has 6 nitrogen and oxygen atoms in total. The van der Waals surface area contributed by atoms with E-state index in [0.29, 0.717) is 15.7 Å². The Labute approximate surface area is 206 Å². The Morgan fingerprint density at radius 3 is 2.71 bits per heavy atom. The van der Waals surface area contributed by atoms with E-state index >= 15 is 0 Å². The number of carboxylic acids is 1. The van der Waals surface area contributed by atoms with Gasteiger partial charge in [0.1, 0.15) is 22.8 Å². The molecule has 1 aromatic carbocycles. The minimum atomic E-state index is -0.940. The van der Waals surface area contributed by atoms with E-state index in [9.17, 15) is 14.9 Å². The number of aliphatic carboxylic acids is 1. The van der Waals surface area contributed by atoms with Crippen LogP contribution >= 0.6 is 22.7 Å². The van der Waals surface area contributed by atoms with E-state index in [0.717, 1.165) is 33.9 Å². The summed E-state index contributed by atoms with van der Waals surface area (Å²) in [6.07, 6.45) is 1.54. The number of carbonyl (C=O) groups excluding carboxylic acids is 1. The zero-order valence-corrected chi connectivity index (χ0v) is 20.9. The van der Waals surface area contributed by atoms with Gasteiger partial charge in [0.05, 0.1) is 11.3 Å². The van der Waals surface area contributed by atoms with E-state index in [1.54, 1.807) is 6.07 Å². The number of carboxylic acid groups (broad SMARTS) is 1. The van der Waals surface area contributed by atoms with E-state index in [4.69, 9.17) is 9.84 Å². The van der Waals surface area contributed by atoms with Crippen LogP contribution in [0.4, 0.5) is 0 Å². The van der Waals surface area contributed by atoms with Gasteiger partial charge in [-0.1, -0.05) is 6.92 Å². The van der Waals surface area contributed by atoms with Crippen LogP contribution in [-0.2, 0) is 4.79 Å². The lowest BCUT2D eigenvalue weighted by Crippen LogP contribution is -2.25. The summed E-state index contributed by atoms with van der Waals surface area (Å²) in [5.41, 5.74) is 4.69. The summed E-state index contributed by atoms with van der Waals surface area (Å²) < 4.78 is 6.55. The summed E-state index contributed by atoms with van der Waals surface area (Å²) in [6, 6.07) is 11.9. The van der Waals surface area contributed by atoms with Crippen molar-refractivity contribution in [3.8, 4) is 22.3 Å². The summed E-state index contributed by atoms with van der Waals surface area (Å²) >= 11 is 2.90. The number of nitrogens with one attached hydrogen (secondary N) is 1. The molecule has 8 heteroatoms. The predicted molar refractivity (Wildman–Crippen MR) is 134 cm³/mol. The number of aryl methyl sites for hydroxylation is 1. The van der Waals surface area contributed by atoms with Gasteiger partial charge in [-0.3, -0.25) is 9.59 Å². The first-order valence-corrected chi connectivity index (χ1v) is 12.8. The van der Waals surface area contributed by atoms with E-state index in [2.05, 4.69) is 38.2 Å². The number of ether oxygens (including phenoxy) is 1. The maximum absolute atomic E-state index is 12.4. The smallest absolute Gasteiger partial charge is 0.305 e. The van der Waals surface area contributed by atoms with Crippen molar-refractivity contribution in [2.24, 2.45) is 0 Å². The number of benzene rings is 1. The van der Waals surface area contributed by atoms with Crippen LogP contribution < -0.4 is 10.1 Å². The fourth-order valence-electron chi connectivity index (χ4n) is 4.56. The first-order valence-electron chi connectivity index (χ1n) is 11.2. The Hall–Kier alpha value is -3.15. The largest absolute Gasteiger partial charge is 0.485 e. The van der Waals surface area contributed by atoms with Gasteiger partial charge in [0, 0.05) is 21.9 Å².